The van der Waals surface area contributed by atoms with E-state index in [0.29, 0.717) is 13.0 Å². The predicted octanol–water partition coefficient (Wildman–Crippen LogP) is 1.79. The van der Waals surface area contributed by atoms with E-state index in [0.717, 1.165) is 16.5 Å². The summed E-state index contributed by atoms with van der Waals surface area (Å²) < 4.78 is 5.53. The lowest BCUT2D eigenvalue weighted by Crippen LogP contribution is -2.35. The van der Waals surface area contributed by atoms with Crippen LogP contribution in [0, 0.1) is 0 Å². The van der Waals surface area contributed by atoms with Crippen LogP contribution in [-0.2, 0) is 0 Å². The highest BCUT2D eigenvalue weighted by Crippen LogP contribution is 2.26. The minimum absolute atomic E-state index is 0.0511. The molecular formula is C14H20N2O2. The normalized spacial score (nSPS) is 14.8. The lowest BCUT2D eigenvalue weighted by Gasteiger charge is -2.21. The Morgan fingerprint density at radius 3 is 2.89 bits per heavy atom. The van der Waals surface area contributed by atoms with Gasteiger partial charge in [-0.2, -0.15) is 0 Å². The summed E-state index contributed by atoms with van der Waals surface area (Å²) in [5, 5.41) is 13.4. The Hall–Kier alpha value is -1.36. The summed E-state index contributed by atoms with van der Waals surface area (Å²) in [6.45, 7) is 2.72. The number of para-hydroxylation sites is 1. The summed E-state index contributed by atoms with van der Waals surface area (Å²) >= 11 is 0. The molecule has 4 nitrogen and oxygen atoms in total. The topological polar surface area (TPSA) is 71.4 Å². The number of fused-ring (bicyclic) bond motifs is 1. The van der Waals surface area contributed by atoms with E-state index < -0.39 is 0 Å². The molecule has 0 radical (unpaired) electrons. The maximum Gasteiger partial charge on any atom is 0.134 e. The molecule has 0 spiro atoms. The van der Waals surface area contributed by atoms with Crippen LogP contribution in [0.4, 0.5) is 0 Å². The molecular weight excluding hydrogens is 228 g/mol. The standard InChI is InChI=1S/C14H20N2O2/c1-10(6-7-17)16-13(8-15)12-9-18-14-5-3-2-4-11(12)14/h2-5,9-10,13,16-17H,6-8,15H2,1H3. The van der Waals surface area contributed by atoms with Gasteiger partial charge in [-0.3, -0.25) is 0 Å². The molecule has 0 saturated carbocycles. The first-order valence-electron chi connectivity index (χ1n) is 6.29. The molecule has 2 rings (SSSR count). The van der Waals surface area contributed by atoms with E-state index in [4.69, 9.17) is 15.3 Å². The third kappa shape index (κ3) is 2.72. The molecule has 0 saturated heterocycles. The van der Waals surface area contributed by atoms with Gasteiger partial charge in [0.2, 0.25) is 0 Å². The molecule has 2 atom stereocenters. The molecule has 1 aromatic carbocycles. The fourth-order valence-corrected chi connectivity index (χ4v) is 2.17. The Labute approximate surface area is 107 Å². The van der Waals surface area contributed by atoms with Crippen molar-refractivity contribution in [3.05, 3.63) is 36.1 Å². The van der Waals surface area contributed by atoms with Crippen LogP contribution < -0.4 is 11.1 Å². The third-order valence-electron chi connectivity index (χ3n) is 3.17. The van der Waals surface area contributed by atoms with Crippen LogP contribution in [0.3, 0.4) is 0 Å². The van der Waals surface area contributed by atoms with Gasteiger partial charge in [-0.15, -0.1) is 0 Å². The number of benzene rings is 1. The van der Waals surface area contributed by atoms with E-state index in [1.807, 2.05) is 31.2 Å². The summed E-state index contributed by atoms with van der Waals surface area (Å²) in [5.74, 6) is 0. The Bertz CT molecular complexity index is 495. The number of hydrogen-bond acceptors (Lipinski definition) is 4. The largest absolute Gasteiger partial charge is 0.464 e. The van der Waals surface area contributed by atoms with E-state index in [1.165, 1.54) is 0 Å². The first kappa shape index (κ1) is 13.1. The molecule has 0 aliphatic heterocycles. The van der Waals surface area contributed by atoms with Gasteiger partial charge < -0.3 is 20.6 Å². The molecule has 0 amide bonds. The van der Waals surface area contributed by atoms with E-state index in [2.05, 4.69) is 5.32 Å². The number of aliphatic hydroxyl groups excluding tert-OH is 1. The van der Waals surface area contributed by atoms with Crippen molar-refractivity contribution in [2.24, 2.45) is 5.73 Å². The molecule has 0 aliphatic rings. The van der Waals surface area contributed by atoms with Crippen LogP contribution in [0.25, 0.3) is 11.0 Å². The highest BCUT2D eigenvalue weighted by Gasteiger charge is 2.17. The number of nitrogens with one attached hydrogen (secondary N) is 1. The predicted molar refractivity (Wildman–Crippen MR) is 72.3 cm³/mol. The van der Waals surface area contributed by atoms with Gasteiger partial charge in [-0.25, -0.2) is 0 Å². The fourth-order valence-electron chi connectivity index (χ4n) is 2.17. The second-order valence-corrected chi connectivity index (χ2v) is 4.56. The average Bonchev–Trinajstić information content (AvgIpc) is 2.80. The van der Waals surface area contributed by atoms with Gasteiger partial charge in [-0.1, -0.05) is 18.2 Å². The molecule has 0 fully saturated rings. The number of nitrogens with two attached hydrogens (primary N) is 1. The zero-order valence-electron chi connectivity index (χ0n) is 10.6. The highest BCUT2D eigenvalue weighted by atomic mass is 16.3. The second-order valence-electron chi connectivity index (χ2n) is 4.56. The van der Waals surface area contributed by atoms with Crippen molar-refractivity contribution in [3.8, 4) is 0 Å². The van der Waals surface area contributed by atoms with E-state index in [1.54, 1.807) is 6.26 Å². The maximum atomic E-state index is 8.93. The Morgan fingerprint density at radius 1 is 1.39 bits per heavy atom. The lowest BCUT2D eigenvalue weighted by atomic mass is 10.0. The van der Waals surface area contributed by atoms with Crippen LogP contribution in [-0.4, -0.2) is 24.3 Å². The summed E-state index contributed by atoms with van der Waals surface area (Å²) in [6, 6.07) is 8.20. The fraction of sp³-hybridized carbons (Fsp3) is 0.429. The molecule has 4 heteroatoms. The molecule has 2 aromatic rings. The quantitative estimate of drug-likeness (QED) is 0.729. The molecule has 1 aromatic heterocycles. The molecule has 0 bridgehead atoms. The maximum absolute atomic E-state index is 8.93. The van der Waals surface area contributed by atoms with Crippen LogP contribution >= 0.6 is 0 Å². The lowest BCUT2D eigenvalue weighted by molar-refractivity contribution is 0.263. The van der Waals surface area contributed by atoms with Crippen molar-refractivity contribution >= 4 is 11.0 Å². The second kappa shape index (κ2) is 6.00. The van der Waals surface area contributed by atoms with E-state index >= 15 is 0 Å². The molecule has 0 aliphatic carbocycles. The first-order chi connectivity index (χ1) is 8.76. The summed E-state index contributed by atoms with van der Waals surface area (Å²) in [6.07, 6.45) is 2.48. The van der Waals surface area contributed by atoms with Gasteiger partial charge >= 0.3 is 0 Å². The molecule has 1 heterocycles. The van der Waals surface area contributed by atoms with E-state index in [-0.39, 0.29) is 18.7 Å². The SMILES string of the molecule is CC(CCO)NC(CN)c1coc2ccccc12. The Morgan fingerprint density at radius 2 is 2.17 bits per heavy atom. The third-order valence-corrected chi connectivity index (χ3v) is 3.17. The number of aliphatic hydroxyl groups is 1. The average molecular weight is 248 g/mol. The van der Waals surface area contributed by atoms with Crippen molar-refractivity contribution in [2.75, 3.05) is 13.2 Å². The minimum atomic E-state index is 0.0511. The van der Waals surface area contributed by atoms with Crippen molar-refractivity contribution in [1.82, 2.24) is 5.32 Å². The smallest absolute Gasteiger partial charge is 0.134 e. The monoisotopic (exact) mass is 248 g/mol. The molecule has 2 unspecified atom stereocenters. The Balaban J connectivity index is 2.21. The first-order valence-corrected chi connectivity index (χ1v) is 6.29. The Kier molecular flexibility index (Phi) is 4.36. The summed E-state index contributed by atoms with van der Waals surface area (Å²) in [7, 11) is 0. The van der Waals surface area contributed by atoms with Crippen molar-refractivity contribution in [1.29, 1.82) is 0 Å². The van der Waals surface area contributed by atoms with Gasteiger partial charge in [0.15, 0.2) is 0 Å². The highest BCUT2D eigenvalue weighted by molar-refractivity contribution is 5.81. The van der Waals surface area contributed by atoms with Gasteiger partial charge in [-0.05, 0) is 19.4 Å². The van der Waals surface area contributed by atoms with Gasteiger partial charge in [0.1, 0.15) is 5.58 Å². The number of furan rings is 1. The molecule has 18 heavy (non-hydrogen) atoms. The van der Waals surface area contributed by atoms with Gasteiger partial charge in [0.25, 0.3) is 0 Å². The van der Waals surface area contributed by atoms with Crippen molar-refractivity contribution < 1.29 is 9.52 Å². The zero-order valence-corrected chi connectivity index (χ0v) is 10.6. The van der Waals surface area contributed by atoms with Crippen molar-refractivity contribution in [2.45, 2.75) is 25.4 Å². The molecule has 98 valence electrons. The van der Waals surface area contributed by atoms with Gasteiger partial charge in [0.05, 0.1) is 6.26 Å². The summed E-state index contributed by atoms with van der Waals surface area (Å²) in [4.78, 5) is 0. The molecule has 4 N–H and O–H groups in total. The van der Waals surface area contributed by atoms with Crippen LogP contribution in [0.5, 0.6) is 0 Å². The number of rotatable bonds is 6. The van der Waals surface area contributed by atoms with Crippen LogP contribution in [0.1, 0.15) is 24.9 Å². The minimum Gasteiger partial charge on any atom is -0.464 e. The van der Waals surface area contributed by atoms with Crippen LogP contribution in [0.2, 0.25) is 0 Å². The van der Waals surface area contributed by atoms with Gasteiger partial charge in [0, 0.05) is 36.2 Å². The van der Waals surface area contributed by atoms with Crippen molar-refractivity contribution in [3.63, 3.8) is 0 Å². The zero-order chi connectivity index (χ0) is 13.0. The summed E-state index contributed by atoms with van der Waals surface area (Å²) in [5.41, 5.74) is 7.79. The van der Waals surface area contributed by atoms with E-state index in [9.17, 15) is 0 Å². The number of hydrogen-bond donors (Lipinski definition) is 3. The van der Waals surface area contributed by atoms with Crippen LogP contribution in [0.15, 0.2) is 34.9 Å².